The van der Waals surface area contributed by atoms with Crippen LogP contribution < -0.4 is 10.2 Å². The van der Waals surface area contributed by atoms with Gasteiger partial charge in [0.2, 0.25) is 5.91 Å². The number of anilines is 1. The van der Waals surface area contributed by atoms with Crippen LogP contribution in [0.1, 0.15) is 16.9 Å². The first-order chi connectivity index (χ1) is 10.1. The summed E-state index contributed by atoms with van der Waals surface area (Å²) in [6, 6.07) is 9.03. The fourth-order valence-corrected chi connectivity index (χ4v) is 2.54. The number of aromatic carboxylic acids is 1. The predicted octanol–water partition coefficient (Wildman–Crippen LogP) is 1.26. The summed E-state index contributed by atoms with van der Waals surface area (Å²) < 4.78 is 0. The average Bonchev–Trinajstić information content (AvgIpc) is 2.70. The zero-order valence-electron chi connectivity index (χ0n) is 11.4. The number of rotatable bonds is 2. The molecule has 6 heteroatoms. The van der Waals surface area contributed by atoms with Gasteiger partial charge in [0, 0.05) is 37.1 Å². The van der Waals surface area contributed by atoms with Crippen molar-refractivity contribution >= 4 is 28.5 Å². The number of nitrogens with zero attached hydrogens (tertiary/aromatic N) is 2. The van der Waals surface area contributed by atoms with Gasteiger partial charge in [-0.3, -0.25) is 4.79 Å². The Hall–Kier alpha value is -2.63. The Morgan fingerprint density at radius 1 is 1.29 bits per heavy atom. The van der Waals surface area contributed by atoms with Gasteiger partial charge in [0.1, 0.15) is 0 Å². The van der Waals surface area contributed by atoms with Gasteiger partial charge in [-0.2, -0.15) is 0 Å². The molecular formula is C15H15N3O3. The Labute approximate surface area is 121 Å². The van der Waals surface area contributed by atoms with Crippen LogP contribution in [-0.2, 0) is 4.79 Å². The largest absolute Gasteiger partial charge is 0.477 e. The van der Waals surface area contributed by atoms with Crippen molar-refractivity contribution in [2.24, 2.45) is 0 Å². The summed E-state index contributed by atoms with van der Waals surface area (Å²) in [7, 11) is 0. The number of carboxylic acids is 1. The van der Waals surface area contributed by atoms with E-state index in [-0.39, 0.29) is 11.6 Å². The number of nitrogens with one attached hydrogen (secondary N) is 1. The predicted molar refractivity (Wildman–Crippen MR) is 78.5 cm³/mol. The molecule has 0 radical (unpaired) electrons. The van der Waals surface area contributed by atoms with Crippen LogP contribution in [0.25, 0.3) is 10.9 Å². The lowest BCUT2D eigenvalue weighted by Gasteiger charge is -2.23. The van der Waals surface area contributed by atoms with Crippen molar-refractivity contribution in [1.29, 1.82) is 0 Å². The number of hydrogen-bond donors (Lipinski definition) is 2. The number of benzene rings is 1. The number of carbonyl (C=O) groups excluding carboxylic acids is 1. The number of carbonyl (C=O) groups is 2. The number of aromatic nitrogens is 1. The Bertz CT molecular complexity index is 714. The van der Waals surface area contributed by atoms with Crippen LogP contribution >= 0.6 is 0 Å². The topological polar surface area (TPSA) is 82.5 Å². The fourth-order valence-electron chi connectivity index (χ4n) is 2.54. The summed E-state index contributed by atoms with van der Waals surface area (Å²) in [5.41, 5.74) is 1.48. The second kappa shape index (κ2) is 5.40. The highest BCUT2D eigenvalue weighted by molar-refractivity contribution is 5.97. The molecule has 108 valence electrons. The standard InChI is InChI=1S/C15H15N3O3/c19-14-5-7-18(8-6-16-14)13-9-12(15(20)21)17-11-4-2-1-3-10(11)13/h1-4,9H,5-8H2,(H,16,19)(H,20,21). The number of para-hydroxylation sites is 1. The molecule has 2 heterocycles. The van der Waals surface area contributed by atoms with Crippen molar-refractivity contribution < 1.29 is 14.7 Å². The maximum Gasteiger partial charge on any atom is 0.354 e. The zero-order chi connectivity index (χ0) is 14.8. The highest BCUT2D eigenvalue weighted by Gasteiger charge is 2.18. The molecule has 1 aliphatic rings. The first-order valence-electron chi connectivity index (χ1n) is 6.80. The van der Waals surface area contributed by atoms with E-state index in [0.29, 0.717) is 31.6 Å². The van der Waals surface area contributed by atoms with Gasteiger partial charge in [-0.1, -0.05) is 18.2 Å². The van der Waals surface area contributed by atoms with Crippen LogP contribution in [0.5, 0.6) is 0 Å². The maximum absolute atomic E-state index is 11.5. The van der Waals surface area contributed by atoms with E-state index < -0.39 is 5.97 Å². The van der Waals surface area contributed by atoms with Gasteiger partial charge < -0.3 is 15.3 Å². The highest BCUT2D eigenvalue weighted by atomic mass is 16.4. The summed E-state index contributed by atoms with van der Waals surface area (Å²) in [4.78, 5) is 28.9. The number of pyridine rings is 1. The molecule has 1 saturated heterocycles. The van der Waals surface area contributed by atoms with Crippen molar-refractivity contribution in [3.05, 3.63) is 36.0 Å². The lowest BCUT2D eigenvalue weighted by atomic mass is 10.1. The molecule has 1 aromatic heterocycles. The zero-order valence-corrected chi connectivity index (χ0v) is 11.4. The summed E-state index contributed by atoms with van der Waals surface area (Å²) >= 11 is 0. The van der Waals surface area contributed by atoms with E-state index in [2.05, 4.69) is 10.3 Å². The number of fused-ring (bicyclic) bond motifs is 1. The number of carboxylic acid groups (broad SMARTS) is 1. The Morgan fingerprint density at radius 3 is 2.90 bits per heavy atom. The quantitative estimate of drug-likeness (QED) is 0.868. The molecule has 6 nitrogen and oxygen atoms in total. The molecule has 0 spiro atoms. The van der Waals surface area contributed by atoms with Gasteiger partial charge >= 0.3 is 5.97 Å². The second-order valence-electron chi connectivity index (χ2n) is 4.94. The third kappa shape index (κ3) is 2.65. The minimum Gasteiger partial charge on any atom is -0.477 e. The van der Waals surface area contributed by atoms with Crippen LogP contribution in [-0.4, -0.2) is 41.6 Å². The Kier molecular flexibility index (Phi) is 3.43. The smallest absolute Gasteiger partial charge is 0.354 e. The third-order valence-corrected chi connectivity index (χ3v) is 3.57. The molecule has 0 aliphatic carbocycles. The summed E-state index contributed by atoms with van der Waals surface area (Å²) in [5.74, 6) is -1.03. The van der Waals surface area contributed by atoms with Gasteiger partial charge in [-0.15, -0.1) is 0 Å². The molecule has 3 rings (SSSR count). The van der Waals surface area contributed by atoms with Gasteiger partial charge in [0.15, 0.2) is 5.69 Å². The third-order valence-electron chi connectivity index (χ3n) is 3.57. The van der Waals surface area contributed by atoms with E-state index in [4.69, 9.17) is 0 Å². The van der Waals surface area contributed by atoms with E-state index in [1.807, 2.05) is 23.1 Å². The summed E-state index contributed by atoms with van der Waals surface area (Å²) in [5, 5.41) is 12.9. The van der Waals surface area contributed by atoms with E-state index in [0.717, 1.165) is 11.1 Å². The molecule has 1 aromatic carbocycles. The van der Waals surface area contributed by atoms with E-state index in [1.54, 1.807) is 12.1 Å². The van der Waals surface area contributed by atoms with Gasteiger partial charge in [0.25, 0.3) is 0 Å². The molecular weight excluding hydrogens is 270 g/mol. The molecule has 0 unspecified atom stereocenters. The first-order valence-corrected chi connectivity index (χ1v) is 6.80. The number of hydrogen-bond acceptors (Lipinski definition) is 4. The van der Waals surface area contributed by atoms with Crippen LogP contribution in [0.2, 0.25) is 0 Å². The van der Waals surface area contributed by atoms with E-state index in [1.165, 1.54) is 0 Å². The van der Waals surface area contributed by atoms with Gasteiger partial charge in [-0.25, -0.2) is 9.78 Å². The minimum atomic E-state index is -1.05. The van der Waals surface area contributed by atoms with Crippen LogP contribution in [0.3, 0.4) is 0 Å². The van der Waals surface area contributed by atoms with Crippen molar-refractivity contribution in [3.8, 4) is 0 Å². The van der Waals surface area contributed by atoms with Crippen LogP contribution in [0.4, 0.5) is 5.69 Å². The molecule has 0 saturated carbocycles. The van der Waals surface area contributed by atoms with Crippen molar-refractivity contribution in [3.63, 3.8) is 0 Å². The second-order valence-corrected chi connectivity index (χ2v) is 4.94. The van der Waals surface area contributed by atoms with Crippen LogP contribution in [0, 0.1) is 0 Å². The molecule has 1 amide bonds. The molecule has 2 aromatic rings. The maximum atomic E-state index is 11.5. The molecule has 21 heavy (non-hydrogen) atoms. The number of amides is 1. The SMILES string of the molecule is O=C1CCN(c2cc(C(=O)O)nc3ccccc23)CCN1. The fraction of sp³-hybridized carbons (Fsp3) is 0.267. The first kappa shape index (κ1) is 13.4. The van der Waals surface area contributed by atoms with Gasteiger partial charge in [-0.05, 0) is 12.1 Å². The summed E-state index contributed by atoms with van der Waals surface area (Å²) in [6.45, 7) is 1.77. The van der Waals surface area contributed by atoms with Crippen molar-refractivity contribution in [1.82, 2.24) is 10.3 Å². The lowest BCUT2D eigenvalue weighted by Crippen LogP contribution is -2.28. The van der Waals surface area contributed by atoms with E-state index >= 15 is 0 Å². The van der Waals surface area contributed by atoms with E-state index in [9.17, 15) is 14.7 Å². The highest BCUT2D eigenvalue weighted by Crippen LogP contribution is 2.27. The normalized spacial score (nSPS) is 15.6. The molecule has 1 fully saturated rings. The molecule has 2 N–H and O–H groups in total. The molecule has 0 bridgehead atoms. The van der Waals surface area contributed by atoms with Gasteiger partial charge in [0.05, 0.1) is 5.52 Å². The summed E-state index contributed by atoms with van der Waals surface area (Å²) in [6.07, 6.45) is 0.402. The Balaban J connectivity index is 2.11. The molecule has 1 aliphatic heterocycles. The Morgan fingerprint density at radius 2 is 2.10 bits per heavy atom. The van der Waals surface area contributed by atoms with Crippen molar-refractivity contribution in [2.45, 2.75) is 6.42 Å². The lowest BCUT2D eigenvalue weighted by molar-refractivity contribution is -0.120. The van der Waals surface area contributed by atoms with Crippen LogP contribution in [0.15, 0.2) is 30.3 Å². The molecule has 0 atom stereocenters. The monoisotopic (exact) mass is 285 g/mol. The minimum absolute atomic E-state index is 0.0206. The van der Waals surface area contributed by atoms with Crippen molar-refractivity contribution in [2.75, 3.05) is 24.5 Å². The average molecular weight is 285 g/mol.